The molecule has 1 N–H and O–H groups in total. The van der Waals surface area contributed by atoms with Gasteiger partial charge in [-0.2, -0.15) is 13.2 Å². The van der Waals surface area contributed by atoms with E-state index in [1.165, 1.54) is 12.5 Å². The van der Waals surface area contributed by atoms with Crippen molar-refractivity contribution >= 4 is 11.4 Å². The van der Waals surface area contributed by atoms with Gasteiger partial charge in [-0.15, -0.1) is 0 Å². The number of anilines is 1. The van der Waals surface area contributed by atoms with E-state index >= 15 is 0 Å². The molecular weight excluding hydrogens is 321 g/mol. The minimum Gasteiger partial charge on any atom is -0.376 e. The number of nitro benzene ring substituents is 1. The average Bonchev–Trinajstić information content (AvgIpc) is 2.49. The van der Waals surface area contributed by atoms with E-state index in [9.17, 15) is 23.3 Å². The van der Waals surface area contributed by atoms with E-state index in [1.54, 1.807) is 0 Å². The summed E-state index contributed by atoms with van der Waals surface area (Å²) in [6.07, 6.45) is 1.28. The standard InChI is InChI=1S/C17H19F3N2O2/c18-17(19,20)13-1-2-14(15(8-13)22(23)24)21-16-11-4-9-3-10(6-11)7-12(16)5-9/h1-2,8-12,16,21H,3-7H2. The fourth-order valence-electron chi connectivity index (χ4n) is 5.32. The molecule has 4 bridgehead atoms. The zero-order valence-corrected chi connectivity index (χ0v) is 13.1. The van der Waals surface area contributed by atoms with Crippen LogP contribution in [0.25, 0.3) is 0 Å². The van der Waals surface area contributed by atoms with Gasteiger partial charge in [0.05, 0.1) is 10.5 Å². The molecular formula is C17H19F3N2O2. The molecule has 130 valence electrons. The summed E-state index contributed by atoms with van der Waals surface area (Å²) in [6.45, 7) is 0. The van der Waals surface area contributed by atoms with Gasteiger partial charge in [-0.05, 0) is 67.9 Å². The molecule has 0 radical (unpaired) electrons. The summed E-state index contributed by atoms with van der Waals surface area (Å²) in [6, 6.07) is 2.92. The Morgan fingerprint density at radius 3 is 2.12 bits per heavy atom. The number of nitro groups is 1. The molecule has 7 heteroatoms. The molecule has 4 saturated carbocycles. The third-order valence-corrected chi connectivity index (χ3v) is 6.07. The van der Waals surface area contributed by atoms with Crippen LogP contribution in [0.2, 0.25) is 0 Å². The van der Waals surface area contributed by atoms with Crippen LogP contribution in [0.4, 0.5) is 24.5 Å². The summed E-state index contributed by atoms with van der Waals surface area (Å²) >= 11 is 0. The van der Waals surface area contributed by atoms with E-state index in [0.29, 0.717) is 17.9 Å². The summed E-state index contributed by atoms with van der Waals surface area (Å²) < 4.78 is 38.4. The summed E-state index contributed by atoms with van der Waals surface area (Å²) in [7, 11) is 0. The van der Waals surface area contributed by atoms with Crippen molar-refractivity contribution in [1.29, 1.82) is 0 Å². The third kappa shape index (κ3) is 2.63. The smallest absolute Gasteiger partial charge is 0.376 e. The number of alkyl halides is 3. The number of nitrogens with one attached hydrogen (secondary N) is 1. The van der Waals surface area contributed by atoms with Crippen LogP contribution in [0.15, 0.2) is 18.2 Å². The zero-order valence-electron chi connectivity index (χ0n) is 13.1. The molecule has 5 rings (SSSR count). The minimum atomic E-state index is -4.58. The Morgan fingerprint density at radius 1 is 1.04 bits per heavy atom. The number of nitrogens with zero attached hydrogens (tertiary/aromatic N) is 1. The molecule has 0 spiro atoms. The van der Waals surface area contributed by atoms with Crippen LogP contribution in [-0.2, 0) is 6.18 Å². The van der Waals surface area contributed by atoms with Crippen molar-refractivity contribution in [3.8, 4) is 0 Å². The van der Waals surface area contributed by atoms with E-state index in [4.69, 9.17) is 0 Å². The lowest BCUT2D eigenvalue weighted by molar-refractivity contribution is -0.384. The monoisotopic (exact) mass is 340 g/mol. The summed E-state index contributed by atoms with van der Waals surface area (Å²) in [5.41, 5.74) is -1.26. The average molecular weight is 340 g/mol. The second-order valence-corrected chi connectivity index (χ2v) is 7.59. The molecule has 0 aliphatic heterocycles. The Morgan fingerprint density at radius 2 is 1.62 bits per heavy atom. The molecule has 4 fully saturated rings. The first kappa shape index (κ1) is 15.7. The van der Waals surface area contributed by atoms with E-state index < -0.39 is 22.4 Å². The number of benzene rings is 1. The van der Waals surface area contributed by atoms with E-state index in [2.05, 4.69) is 5.32 Å². The lowest BCUT2D eigenvalue weighted by atomic mass is 9.54. The van der Waals surface area contributed by atoms with Crippen LogP contribution in [0, 0.1) is 33.8 Å². The molecule has 0 heterocycles. The van der Waals surface area contributed by atoms with Crippen molar-refractivity contribution < 1.29 is 18.1 Å². The van der Waals surface area contributed by atoms with Crippen molar-refractivity contribution in [2.45, 2.75) is 44.3 Å². The maximum Gasteiger partial charge on any atom is 0.416 e. The van der Waals surface area contributed by atoms with Gasteiger partial charge in [0.25, 0.3) is 5.69 Å². The first-order valence-corrected chi connectivity index (χ1v) is 8.43. The maximum atomic E-state index is 12.8. The van der Waals surface area contributed by atoms with Crippen molar-refractivity contribution in [1.82, 2.24) is 0 Å². The molecule has 4 nitrogen and oxygen atoms in total. The summed E-state index contributed by atoms with van der Waals surface area (Å²) in [5.74, 6) is 2.52. The number of hydrogen-bond donors (Lipinski definition) is 1. The predicted octanol–water partition coefficient (Wildman–Crippen LogP) is 4.85. The van der Waals surface area contributed by atoms with Crippen LogP contribution < -0.4 is 5.32 Å². The van der Waals surface area contributed by atoms with Gasteiger partial charge < -0.3 is 5.32 Å². The molecule has 0 aromatic heterocycles. The molecule has 4 aliphatic carbocycles. The maximum absolute atomic E-state index is 12.8. The van der Waals surface area contributed by atoms with Gasteiger partial charge in [-0.3, -0.25) is 10.1 Å². The van der Waals surface area contributed by atoms with Gasteiger partial charge >= 0.3 is 6.18 Å². The lowest BCUT2D eigenvalue weighted by Gasteiger charge is -2.54. The second-order valence-electron chi connectivity index (χ2n) is 7.59. The van der Waals surface area contributed by atoms with Crippen LogP contribution in [0.5, 0.6) is 0 Å². The number of halogens is 3. The Balaban J connectivity index is 1.61. The molecule has 0 unspecified atom stereocenters. The highest BCUT2D eigenvalue weighted by molar-refractivity contribution is 5.63. The van der Waals surface area contributed by atoms with Gasteiger partial charge in [0.2, 0.25) is 0 Å². The fourth-order valence-corrected chi connectivity index (χ4v) is 5.32. The zero-order chi connectivity index (χ0) is 17.1. The molecule has 1 aromatic rings. The van der Waals surface area contributed by atoms with Gasteiger partial charge in [-0.25, -0.2) is 0 Å². The highest BCUT2D eigenvalue weighted by Gasteiger charge is 2.48. The molecule has 24 heavy (non-hydrogen) atoms. The van der Waals surface area contributed by atoms with E-state index in [1.807, 2.05) is 0 Å². The molecule has 0 amide bonds. The highest BCUT2D eigenvalue weighted by Crippen LogP contribution is 2.54. The first-order chi connectivity index (χ1) is 11.3. The topological polar surface area (TPSA) is 55.2 Å². The molecule has 0 atom stereocenters. The van der Waals surface area contributed by atoms with Crippen LogP contribution in [0.1, 0.15) is 37.7 Å². The van der Waals surface area contributed by atoms with Crippen LogP contribution in [0.3, 0.4) is 0 Å². The summed E-state index contributed by atoms with van der Waals surface area (Å²) in [5, 5.41) is 14.5. The molecule has 1 aromatic carbocycles. The first-order valence-electron chi connectivity index (χ1n) is 8.43. The normalized spacial score (nSPS) is 34.4. The third-order valence-electron chi connectivity index (χ3n) is 6.07. The van der Waals surface area contributed by atoms with E-state index in [-0.39, 0.29) is 11.7 Å². The van der Waals surface area contributed by atoms with Crippen LogP contribution in [-0.4, -0.2) is 11.0 Å². The Labute approximate surface area is 137 Å². The SMILES string of the molecule is O=[N+]([O-])c1cc(C(F)(F)F)ccc1NC1C2CC3CC(C2)CC1C3. The van der Waals surface area contributed by atoms with E-state index in [0.717, 1.165) is 43.6 Å². The van der Waals surface area contributed by atoms with Crippen LogP contribution >= 0.6 is 0 Å². The molecule has 0 saturated heterocycles. The van der Waals surface area contributed by atoms with Crippen molar-refractivity contribution in [3.05, 3.63) is 33.9 Å². The van der Waals surface area contributed by atoms with Gasteiger partial charge in [0, 0.05) is 12.1 Å². The Bertz CT molecular complexity index is 646. The predicted molar refractivity (Wildman–Crippen MR) is 82.6 cm³/mol. The minimum absolute atomic E-state index is 0.147. The van der Waals surface area contributed by atoms with Gasteiger partial charge in [-0.1, -0.05) is 0 Å². The number of rotatable bonds is 3. The van der Waals surface area contributed by atoms with Crippen molar-refractivity contribution in [2.24, 2.45) is 23.7 Å². The van der Waals surface area contributed by atoms with Crippen molar-refractivity contribution in [3.63, 3.8) is 0 Å². The largest absolute Gasteiger partial charge is 0.416 e. The van der Waals surface area contributed by atoms with Gasteiger partial charge in [0.1, 0.15) is 5.69 Å². The molecule has 4 aliphatic rings. The highest BCUT2D eigenvalue weighted by atomic mass is 19.4. The quantitative estimate of drug-likeness (QED) is 0.632. The van der Waals surface area contributed by atoms with Crippen molar-refractivity contribution in [2.75, 3.05) is 5.32 Å². The number of hydrogen-bond acceptors (Lipinski definition) is 3. The summed E-state index contributed by atoms with van der Waals surface area (Å²) in [4.78, 5) is 10.5. The fraction of sp³-hybridized carbons (Fsp3) is 0.647. The van der Waals surface area contributed by atoms with Gasteiger partial charge in [0.15, 0.2) is 0 Å². The lowest BCUT2D eigenvalue weighted by Crippen LogP contribution is -2.51. The Hall–Kier alpha value is -1.79. The Kier molecular flexibility index (Phi) is 3.51. The second kappa shape index (κ2) is 5.36.